The molecule has 18 heavy (non-hydrogen) atoms. The molecule has 0 radical (unpaired) electrons. The average Bonchev–Trinajstić information content (AvgIpc) is 2.41. The fraction of sp³-hybridized carbons (Fsp3) is 0. The minimum Gasteiger partial charge on any atom is -0.323 e. The Kier molecular flexibility index (Phi) is 4.11. The zero-order chi connectivity index (χ0) is 13.0. The monoisotopic (exact) mass is 354 g/mol. The summed E-state index contributed by atoms with van der Waals surface area (Å²) in [5.74, 6) is 4.98. The number of para-hydroxylation sites is 1. The van der Waals surface area contributed by atoms with Crippen molar-refractivity contribution in [1.82, 2.24) is 4.98 Å². The van der Waals surface area contributed by atoms with Crippen molar-refractivity contribution in [1.29, 1.82) is 0 Å². The number of nitrogens with one attached hydrogen (secondary N) is 2. The number of rotatable bonds is 3. The summed E-state index contributed by atoms with van der Waals surface area (Å²) in [5, 5.41) is 2.80. The van der Waals surface area contributed by atoms with E-state index in [1.807, 2.05) is 24.3 Å². The maximum absolute atomic E-state index is 11.9. The lowest BCUT2D eigenvalue weighted by molar-refractivity contribution is 0.102. The number of hydrazine groups is 1. The first kappa shape index (κ1) is 12.8. The molecule has 0 atom stereocenters. The minimum atomic E-state index is -0.248. The molecule has 0 aliphatic heterocycles. The van der Waals surface area contributed by atoms with Crippen LogP contribution in [0.2, 0.25) is 0 Å². The molecule has 4 N–H and O–H groups in total. The number of hydrogen-bond acceptors (Lipinski definition) is 4. The number of nitrogens with two attached hydrogens (primary N) is 1. The molecule has 0 saturated carbocycles. The molecule has 5 nitrogen and oxygen atoms in total. The molecule has 0 bridgehead atoms. The standard InChI is InChI=1S/C12H11IN4O/c13-9-3-1-2-4-10(9)16-12(18)11-6-5-8(17-14)7-15-11/h1-7,17H,14H2,(H,16,18). The van der Waals surface area contributed by atoms with Crippen LogP contribution in [0.25, 0.3) is 0 Å². The Labute approximate surface area is 118 Å². The normalized spacial score (nSPS) is 9.89. The predicted octanol–water partition coefficient (Wildman–Crippen LogP) is 2.22. The molecule has 1 heterocycles. The number of pyridine rings is 1. The van der Waals surface area contributed by atoms with Gasteiger partial charge in [-0.25, -0.2) is 4.98 Å². The molecule has 2 rings (SSSR count). The highest BCUT2D eigenvalue weighted by Gasteiger charge is 2.08. The van der Waals surface area contributed by atoms with Crippen molar-refractivity contribution >= 4 is 39.9 Å². The highest BCUT2D eigenvalue weighted by Crippen LogP contribution is 2.17. The van der Waals surface area contributed by atoms with Gasteiger partial charge in [-0.2, -0.15) is 0 Å². The largest absolute Gasteiger partial charge is 0.323 e. The van der Waals surface area contributed by atoms with E-state index in [4.69, 9.17) is 5.84 Å². The van der Waals surface area contributed by atoms with Gasteiger partial charge in [0.15, 0.2) is 0 Å². The lowest BCUT2D eigenvalue weighted by Crippen LogP contribution is -2.15. The minimum absolute atomic E-state index is 0.248. The van der Waals surface area contributed by atoms with Gasteiger partial charge in [0, 0.05) is 3.57 Å². The summed E-state index contributed by atoms with van der Waals surface area (Å²) in [4.78, 5) is 16.0. The van der Waals surface area contributed by atoms with Crippen LogP contribution >= 0.6 is 22.6 Å². The lowest BCUT2D eigenvalue weighted by atomic mass is 10.3. The number of hydrogen-bond donors (Lipinski definition) is 3. The first-order valence-electron chi connectivity index (χ1n) is 5.19. The SMILES string of the molecule is NNc1ccc(C(=O)Nc2ccccc2I)nc1. The van der Waals surface area contributed by atoms with Gasteiger partial charge < -0.3 is 10.7 Å². The number of carbonyl (C=O) groups excluding carboxylic acids is 1. The quantitative estimate of drug-likeness (QED) is 0.449. The van der Waals surface area contributed by atoms with Crippen LogP contribution in [-0.4, -0.2) is 10.9 Å². The molecule has 1 amide bonds. The van der Waals surface area contributed by atoms with E-state index in [0.29, 0.717) is 11.4 Å². The van der Waals surface area contributed by atoms with E-state index in [9.17, 15) is 4.79 Å². The number of nitrogen functional groups attached to an aromatic ring is 1. The van der Waals surface area contributed by atoms with Crippen LogP contribution in [0.3, 0.4) is 0 Å². The second kappa shape index (κ2) is 5.78. The van der Waals surface area contributed by atoms with Gasteiger partial charge in [-0.05, 0) is 46.9 Å². The predicted molar refractivity (Wildman–Crippen MR) is 79.2 cm³/mol. The van der Waals surface area contributed by atoms with Gasteiger partial charge in [-0.1, -0.05) is 12.1 Å². The van der Waals surface area contributed by atoms with Crippen molar-refractivity contribution in [2.75, 3.05) is 10.7 Å². The first-order chi connectivity index (χ1) is 8.70. The molecule has 0 saturated heterocycles. The summed E-state index contributed by atoms with van der Waals surface area (Å²) in [6.45, 7) is 0. The second-order valence-electron chi connectivity index (χ2n) is 3.51. The number of carbonyl (C=O) groups is 1. The Morgan fingerprint density at radius 2 is 2.00 bits per heavy atom. The molecule has 0 aliphatic carbocycles. The molecular weight excluding hydrogens is 343 g/mol. The van der Waals surface area contributed by atoms with Gasteiger partial charge in [-0.3, -0.25) is 10.6 Å². The number of nitrogens with zero attached hydrogens (tertiary/aromatic N) is 1. The van der Waals surface area contributed by atoms with Crippen LogP contribution in [0.1, 0.15) is 10.5 Å². The Morgan fingerprint density at radius 1 is 1.22 bits per heavy atom. The number of aromatic nitrogens is 1. The smallest absolute Gasteiger partial charge is 0.274 e. The summed E-state index contributed by atoms with van der Waals surface area (Å²) in [5.41, 5.74) is 4.22. The van der Waals surface area contributed by atoms with Crippen LogP contribution in [0.5, 0.6) is 0 Å². The summed E-state index contributed by atoms with van der Waals surface area (Å²) >= 11 is 2.16. The zero-order valence-electron chi connectivity index (χ0n) is 9.35. The van der Waals surface area contributed by atoms with E-state index >= 15 is 0 Å². The van der Waals surface area contributed by atoms with Crippen LogP contribution < -0.4 is 16.6 Å². The Morgan fingerprint density at radius 3 is 2.61 bits per heavy atom. The van der Waals surface area contributed by atoms with Crippen molar-refractivity contribution < 1.29 is 4.79 Å². The van der Waals surface area contributed by atoms with Crippen molar-refractivity contribution in [2.24, 2.45) is 5.84 Å². The first-order valence-corrected chi connectivity index (χ1v) is 6.27. The third-order valence-electron chi connectivity index (χ3n) is 2.28. The molecular formula is C12H11IN4O. The van der Waals surface area contributed by atoms with Gasteiger partial charge in [0.2, 0.25) is 0 Å². The van der Waals surface area contributed by atoms with Crippen LogP contribution in [0.15, 0.2) is 42.6 Å². The van der Waals surface area contributed by atoms with Gasteiger partial charge in [0.1, 0.15) is 5.69 Å². The molecule has 0 spiro atoms. The number of anilines is 2. The van der Waals surface area contributed by atoms with Gasteiger partial charge in [-0.15, -0.1) is 0 Å². The van der Waals surface area contributed by atoms with Crippen LogP contribution in [0.4, 0.5) is 11.4 Å². The van der Waals surface area contributed by atoms with E-state index in [0.717, 1.165) is 9.26 Å². The summed E-state index contributed by atoms with van der Waals surface area (Å²) in [6.07, 6.45) is 1.50. The Bertz CT molecular complexity index is 556. The molecule has 0 fully saturated rings. The van der Waals surface area contributed by atoms with Gasteiger partial charge in [0.25, 0.3) is 5.91 Å². The lowest BCUT2D eigenvalue weighted by Gasteiger charge is -2.07. The number of amides is 1. The third kappa shape index (κ3) is 2.96. The summed E-state index contributed by atoms with van der Waals surface area (Å²) in [7, 11) is 0. The molecule has 2 aromatic rings. The van der Waals surface area contributed by atoms with E-state index < -0.39 is 0 Å². The average molecular weight is 354 g/mol. The fourth-order valence-corrected chi connectivity index (χ4v) is 1.88. The van der Waals surface area contributed by atoms with E-state index in [-0.39, 0.29) is 5.91 Å². The van der Waals surface area contributed by atoms with Crippen LogP contribution in [0, 0.1) is 3.57 Å². The Balaban J connectivity index is 2.14. The Hall–Kier alpha value is -1.67. The van der Waals surface area contributed by atoms with Crippen molar-refractivity contribution in [3.63, 3.8) is 0 Å². The molecule has 1 aromatic carbocycles. The summed E-state index contributed by atoms with van der Waals surface area (Å²) < 4.78 is 0.976. The molecule has 0 aliphatic rings. The van der Waals surface area contributed by atoms with Crippen molar-refractivity contribution in [3.8, 4) is 0 Å². The maximum Gasteiger partial charge on any atom is 0.274 e. The van der Waals surface area contributed by atoms with E-state index in [1.165, 1.54) is 6.20 Å². The fourth-order valence-electron chi connectivity index (χ4n) is 1.36. The third-order valence-corrected chi connectivity index (χ3v) is 3.23. The number of benzene rings is 1. The van der Waals surface area contributed by atoms with Crippen molar-refractivity contribution in [2.45, 2.75) is 0 Å². The zero-order valence-corrected chi connectivity index (χ0v) is 11.5. The second-order valence-corrected chi connectivity index (χ2v) is 4.67. The molecule has 1 aromatic heterocycles. The molecule has 0 unspecified atom stereocenters. The van der Waals surface area contributed by atoms with Gasteiger partial charge in [0.05, 0.1) is 17.6 Å². The maximum atomic E-state index is 11.9. The highest BCUT2D eigenvalue weighted by molar-refractivity contribution is 14.1. The van der Waals surface area contributed by atoms with Gasteiger partial charge >= 0.3 is 0 Å². The molecule has 92 valence electrons. The van der Waals surface area contributed by atoms with E-state index in [2.05, 4.69) is 38.3 Å². The van der Waals surface area contributed by atoms with E-state index in [1.54, 1.807) is 12.1 Å². The molecule has 6 heteroatoms. The van der Waals surface area contributed by atoms with Crippen molar-refractivity contribution in [3.05, 3.63) is 51.9 Å². The number of halogens is 1. The highest BCUT2D eigenvalue weighted by atomic mass is 127. The topological polar surface area (TPSA) is 80.0 Å². The summed E-state index contributed by atoms with van der Waals surface area (Å²) in [6, 6.07) is 10.8. The van der Waals surface area contributed by atoms with Crippen LogP contribution in [-0.2, 0) is 0 Å².